The van der Waals surface area contributed by atoms with Crippen LogP contribution >= 0.6 is 0 Å². The third kappa shape index (κ3) is 4.20. The average molecular weight is 394 g/mol. The molecule has 5 heteroatoms. The normalized spacial score (nSPS) is 20.1. The lowest BCUT2D eigenvalue weighted by Gasteiger charge is -2.40. The van der Waals surface area contributed by atoms with Crippen molar-refractivity contribution in [1.29, 1.82) is 0 Å². The van der Waals surface area contributed by atoms with Crippen molar-refractivity contribution in [3.05, 3.63) is 71.2 Å². The van der Waals surface area contributed by atoms with Crippen LogP contribution in [0, 0.1) is 5.82 Å². The Balaban J connectivity index is 1.57. The third-order valence-corrected chi connectivity index (χ3v) is 5.86. The highest BCUT2D eigenvalue weighted by molar-refractivity contribution is 5.89. The van der Waals surface area contributed by atoms with Crippen molar-refractivity contribution >= 4 is 16.9 Å². The van der Waals surface area contributed by atoms with Crippen LogP contribution in [0.1, 0.15) is 60.8 Å². The van der Waals surface area contributed by atoms with E-state index in [0.717, 1.165) is 36.0 Å². The molecule has 2 aromatic carbocycles. The molecule has 1 saturated heterocycles. The number of hydrogen-bond donors (Lipinski definition) is 1. The largest absolute Gasteiger partial charge is 0.462 e. The number of ether oxygens (including phenoxy) is 1. The van der Waals surface area contributed by atoms with Crippen molar-refractivity contribution in [3.8, 4) is 0 Å². The van der Waals surface area contributed by atoms with E-state index in [1.54, 1.807) is 12.1 Å². The summed E-state index contributed by atoms with van der Waals surface area (Å²) in [6.45, 7) is 5.25. The first-order valence-electron chi connectivity index (χ1n) is 10.3. The van der Waals surface area contributed by atoms with Crippen molar-refractivity contribution in [2.75, 3.05) is 6.61 Å². The van der Waals surface area contributed by atoms with Gasteiger partial charge in [-0.15, -0.1) is 0 Å². The molecule has 3 aromatic rings. The van der Waals surface area contributed by atoms with Crippen molar-refractivity contribution in [2.45, 2.75) is 51.7 Å². The Morgan fingerprint density at radius 2 is 1.97 bits per heavy atom. The highest BCUT2D eigenvalue weighted by Crippen LogP contribution is 2.36. The number of carbonyl (C=O) groups excluding carboxylic acids is 1. The van der Waals surface area contributed by atoms with Gasteiger partial charge in [-0.25, -0.2) is 9.18 Å². The van der Waals surface area contributed by atoms with E-state index >= 15 is 0 Å². The molecule has 0 bridgehead atoms. The quantitative estimate of drug-likeness (QED) is 0.573. The number of rotatable bonds is 5. The number of hydrogen-bond acceptors (Lipinski definition) is 3. The predicted molar refractivity (Wildman–Crippen MR) is 112 cm³/mol. The number of likely N-dealkylation sites (tertiary alicyclic amines) is 1. The van der Waals surface area contributed by atoms with Gasteiger partial charge in [0.1, 0.15) is 5.82 Å². The fraction of sp³-hybridized carbons (Fsp3) is 0.375. The minimum absolute atomic E-state index is 0.210. The van der Waals surface area contributed by atoms with E-state index in [1.165, 1.54) is 18.1 Å². The number of aromatic nitrogens is 1. The van der Waals surface area contributed by atoms with E-state index in [1.807, 2.05) is 31.2 Å². The van der Waals surface area contributed by atoms with Crippen LogP contribution in [-0.4, -0.2) is 28.5 Å². The SMILES string of the molecule is CCOC(=O)c1ccc(CN2C(C)CCCC2c2cc3cc(F)ccc3[nH]2)cc1. The fourth-order valence-electron chi connectivity index (χ4n) is 4.32. The minimum atomic E-state index is -0.284. The minimum Gasteiger partial charge on any atom is -0.462 e. The Hall–Kier alpha value is -2.66. The molecule has 29 heavy (non-hydrogen) atoms. The van der Waals surface area contributed by atoms with Gasteiger partial charge in [0.05, 0.1) is 18.2 Å². The molecule has 2 heterocycles. The van der Waals surface area contributed by atoms with E-state index in [0.29, 0.717) is 18.2 Å². The summed E-state index contributed by atoms with van der Waals surface area (Å²) in [5.74, 6) is -0.493. The van der Waals surface area contributed by atoms with Crippen LogP contribution in [0.4, 0.5) is 4.39 Å². The molecule has 1 N–H and O–H groups in total. The Morgan fingerprint density at radius 1 is 1.17 bits per heavy atom. The van der Waals surface area contributed by atoms with Crippen LogP contribution in [-0.2, 0) is 11.3 Å². The van der Waals surface area contributed by atoms with Crippen LogP contribution in [0.3, 0.4) is 0 Å². The topological polar surface area (TPSA) is 45.3 Å². The Labute approximate surface area is 170 Å². The second-order valence-corrected chi connectivity index (χ2v) is 7.84. The summed E-state index contributed by atoms with van der Waals surface area (Å²) in [6.07, 6.45) is 3.40. The number of piperidine rings is 1. The molecule has 2 unspecified atom stereocenters. The Kier molecular flexibility index (Phi) is 5.67. The second kappa shape index (κ2) is 8.37. The Morgan fingerprint density at radius 3 is 2.72 bits per heavy atom. The lowest BCUT2D eigenvalue weighted by Crippen LogP contribution is -2.39. The molecule has 152 valence electrons. The first-order valence-corrected chi connectivity index (χ1v) is 10.3. The van der Waals surface area contributed by atoms with Crippen molar-refractivity contribution in [3.63, 3.8) is 0 Å². The van der Waals surface area contributed by atoms with E-state index in [9.17, 15) is 9.18 Å². The first kappa shape index (κ1) is 19.6. The van der Waals surface area contributed by atoms with Crippen LogP contribution in [0.5, 0.6) is 0 Å². The summed E-state index contributed by atoms with van der Waals surface area (Å²) in [6, 6.07) is 15.4. The maximum Gasteiger partial charge on any atom is 0.338 e. The smallest absolute Gasteiger partial charge is 0.338 e. The number of nitrogens with zero attached hydrogens (tertiary/aromatic N) is 1. The van der Waals surface area contributed by atoms with Gasteiger partial charge in [0, 0.05) is 29.2 Å². The molecule has 2 atom stereocenters. The lowest BCUT2D eigenvalue weighted by molar-refractivity contribution is 0.0526. The highest BCUT2D eigenvalue weighted by atomic mass is 19.1. The number of benzene rings is 2. The Bertz CT molecular complexity index is 996. The number of carbonyl (C=O) groups is 1. The number of esters is 1. The number of fused-ring (bicyclic) bond motifs is 1. The summed E-state index contributed by atoms with van der Waals surface area (Å²) in [5.41, 5.74) is 3.86. The van der Waals surface area contributed by atoms with Gasteiger partial charge in [0.25, 0.3) is 0 Å². The maximum absolute atomic E-state index is 13.6. The molecular formula is C24H27FN2O2. The van der Waals surface area contributed by atoms with Crippen LogP contribution in [0.25, 0.3) is 10.9 Å². The summed E-state index contributed by atoms with van der Waals surface area (Å²) < 4.78 is 18.7. The average Bonchev–Trinajstić information content (AvgIpc) is 3.13. The van der Waals surface area contributed by atoms with Gasteiger partial charge in [-0.1, -0.05) is 12.1 Å². The van der Waals surface area contributed by atoms with E-state index in [-0.39, 0.29) is 17.8 Å². The zero-order valence-corrected chi connectivity index (χ0v) is 17.0. The molecule has 0 spiro atoms. The van der Waals surface area contributed by atoms with Crippen molar-refractivity contribution < 1.29 is 13.9 Å². The molecule has 4 rings (SSSR count). The molecule has 1 fully saturated rings. The molecule has 0 amide bonds. The number of nitrogens with one attached hydrogen (secondary N) is 1. The molecular weight excluding hydrogens is 367 g/mol. The number of halogens is 1. The summed E-state index contributed by atoms with van der Waals surface area (Å²) in [5, 5.41) is 0.914. The van der Waals surface area contributed by atoms with Gasteiger partial charge >= 0.3 is 5.97 Å². The van der Waals surface area contributed by atoms with Crippen molar-refractivity contribution in [1.82, 2.24) is 9.88 Å². The molecule has 4 nitrogen and oxygen atoms in total. The first-order chi connectivity index (χ1) is 14.0. The maximum atomic E-state index is 13.6. The molecule has 1 aromatic heterocycles. The van der Waals surface area contributed by atoms with E-state index < -0.39 is 0 Å². The molecule has 0 aliphatic carbocycles. The van der Waals surface area contributed by atoms with Gasteiger partial charge in [-0.3, -0.25) is 4.90 Å². The molecule has 0 saturated carbocycles. The monoisotopic (exact) mass is 394 g/mol. The standard InChI is InChI=1S/C24H27FN2O2/c1-3-29-24(28)18-9-7-17(8-10-18)15-27-16(2)5-4-6-23(27)22-14-19-13-20(25)11-12-21(19)26-22/h7-14,16,23,26H,3-6,15H2,1-2H3. The van der Waals surface area contributed by atoms with Crippen molar-refractivity contribution in [2.24, 2.45) is 0 Å². The molecule has 1 aliphatic heterocycles. The zero-order valence-electron chi connectivity index (χ0n) is 17.0. The van der Waals surface area contributed by atoms with Gasteiger partial charge in [0.15, 0.2) is 0 Å². The van der Waals surface area contributed by atoms with Crippen LogP contribution in [0.15, 0.2) is 48.5 Å². The van der Waals surface area contributed by atoms with Gasteiger partial charge in [-0.05, 0) is 75.1 Å². The molecule has 1 aliphatic rings. The lowest BCUT2D eigenvalue weighted by atomic mass is 9.93. The number of H-pyrrole nitrogens is 1. The number of aromatic amines is 1. The highest BCUT2D eigenvalue weighted by Gasteiger charge is 2.30. The summed E-state index contributed by atoms with van der Waals surface area (Å²) >= 11 is 0. The van der Waals surface area contributed by atoms with E-state index in [4.69, 9.17) is 4.74 Å². The van der Waals surface area contributed by atoms with E-state index in [2.05, 4.69) is 22.9 Å². The molecule has 0 radical (unpaired) electrons. The van der Waals surface area contributed by atoms with Gasteiger partial charge in [0.2, 0.25) is 0 Å². The van der Waals surface area contributed by atoms with Gasteiger partial charge in [-0.2, -0.15) is 0 Å². The van der Waals surface area contributed by atoms with Gasteiger partial charge < -0.3 is 9.72 Å². The van der Waals surface area contributed by atoms with Crippen LogP contribution in [0.2, 0.25) is 0 Å². The third-order valence-electron chi connectivity index (χ3n) is 5.86. The van der Waals surface area contributed by atoms with Crippen LogP contribution < -0.4 is 0 Å². The predicted octanol–water partition coefficient (Wildman–Crippen LogP) is 5.60. The zero-order chi connectivity index (χ0) is 20.4. The summed E-state index contributed by atoms with van der Waals surface area (Å²) in [4.78, 5) is 17.9. The summed E-state index contributed by atoms with van der Waals surface area (Å²) in [7, 11) is 0. The second-order valence-electron chi connectivity index (χ2n) is 7.84. The fourth-order valence-corrected chi connectivity index (χ4v) is 4.32.